The lowest BCUT2D eigenvalue weighted by atomic mass is 10.2. The number of pyridine rings is 1. The fourth-order valence-corrected chi connectivity index (χ4v) is 3.92. The molecular weight excluding hydrogens is 334 g/mol. The minimum Gasteiger partial charge on any atom is -0.264 e. The third-order valence-corrected chi connectivity index (χ3v) is 4.94. The van der Waals surface area contributed by atoms with E-state index in [4.69, 9.17) is 0 Å². The summed E-state index contributed by atoms with van der Waals surface area (Å²) in [5.41, 5.74) is 0.775. The maximum atomic E-state index is 12.3. The number of aromatic nitrogens is 4. The second-order valence-electron chi connectivity index (χ2n) is 3.94. The molecule has 2 rings (SSSR count). The predicted molar refractivity (Wildman–Crippen MR) is 71.7 cm³/mol. The lowest BCUT2D eigenvalue weighted by Crippen LogP contribution is -2.28. The topological polar surface area (TPSA) is 89.8 Å². The Morgan fingerprint density at radius 1 is 1.47 bits per heavy atom. The highest BCUT2D eigenvalue weighted by molar-refractivity contribution is 9.10. The van der Waals surface area contributed by atoms with E-state index in [9.17, 15) is 8.42 Å². The lowest BCUT2D eigenvalue weighted by Gasteiger charge is -2.14. The minimum absolute atomic E-state index is 0.0109. The van der Waals surface area contributed by atoms with Gasteiger partial charge in [0.1, 0.15) is 0 Å². The van der Waals surface area contributed by atoms with E-state index in [0.29, 0.717) is 0 Å². The second-order valence-corrected chi connectivity index (χ2v) is 6.32. The normalized spacial score (nSPS) is 13.4. The van der Waals surface area contributed by atoms with Crippen molar-refractivity contribution in [2.75, 3.05) is 0 Å². The van der Waals surface area contributed by atoms with Crippen LogP contribution in [0.1, 0.15) is 18.5 Å². The molecule has 102 valence electrons. The molecule has 0 aromatic carbocycles. The molecular formula is C10H12BrN5O2S. The van der Waals surface area contributed by atoms with Crippen LogP contribution in [0.15, 0.2) is 34.2 Å². The Balaban J connectivity index is 2.28. The molecule has 7 nitrogen and oxygen atoms in total. The number of halogens is 1. The van der Waals surface area contributed by atoms with Crippen LogP contribution in [0.4, 0.5) is 0 Å². The number of hydrogen-bond acceptors (Lipinski definition) is 5. The van der Waals surface area contributed by atoms with Crippen molar-refractivity contribution < 1.29 is 8.42 Å². The summed E-state index contributed by atoms with van der Waals surface area (Å²) < 4.78 is 28.4. The quantitative estimate of drug-likeness (QED) is 0.893. The van der Waals surface area contributed by atoms with Crippen molar-refractivity contribution in [3.05, 3.63) is 34.7 Å². The van der Waals surface area contributed by atoms with E-state index < -0.39 is 16.1 Å². The molecule has 0 saturated carbocycles. The Kier molecular flexibility index (Phi) is 3.97. The summed E-state index contributed by atoms with van der Waals surface area (Å²) in [5.74, 6) is 0. The third-order valence-electron chi connectivity index (χ3n) is 2.51. The van der Waals surface area contributed by atoms with Crippen LogP contribution in [0, 0.1) is 0 Å². The third kappa shape index (κ3) is 2.99. The van der Waals surface area contributed by atoms with Crippen LogP contribution in [0.5, 0.6) is 0 Å². The monoisotopic (exact) mass is 345 g/mol. The van der Waals surface area contributed by atoms with Crippen molar-refractivity contribution >= 4 is 26.0 Å². The van der Waals surface area contributed by atoms with Crippen LogP contribution >= 0.6 is 15.9 Å². The zero-order valence-corrected chi connectivity index (χ0v) is 12.7. The summed E-state index contributed by atoms with van der Waals surface area (Å²) in [5, 5.41) is 7.30. The fraction of sp³-hybridized carbons (Fsp3) is 0.300. The average molecular weight is 346 g/mol. The van der Waals surface area contributed by atoms with E-state index in [1.807, 2.05) is 0 Å². The lowest BCUT2D eigenvalue weighted by molar-refractivity contribution is 0.547. The minimum atomic E-state index is -3.71. The van der Waals surface area contributed by atoms with Gasteiger partial charge in [-0.25, -0.2) is 17.8 Å². The van der Waals surface area contributed by atoms with E-state index in [1.54, 1.807) is 31.5 Å². The molecule has 1 unspecified atom stereocenters. The van der Waals surface area contributed by atoms with Gasteiger partial charge in [0.2, 0.25) is 5.03 Å². The molecule has 19 heavy (non-hydrogen) atoms. The molecule has 0 bridgehead atoms. The maximum Gasteiger partial charge on any atom is 0.261 e. The van der Waals surface area contributed by atoms with Gasteiger partial charge in [-0.05, 0) is 34.5 Å². The van der Waals surface area contributed by atoms with Crippen molar-refractivity contribution in [1.82, 2.24) is 24.7 Å². The van der Waals surface area contributed by atoms with Gasteiger partial charge in [0, 0.05) is 25.5 Å². The van der Waals surface area contributed by atoms with E-state index in [2.05, 4.69) is 35.9 Å². The standard InChI is InChI=1S/C10H12BrN5O2S/c1-7(8-4-3-5-12-6-8)14-19(17,18)10-9(11)13-15-16(10)2/h3-7,14H,1-2H3. The number of nitrogens with one attached hydrogen (secondary N) is 1. The summed E-state index contributed by atoms with van der Waals surface area (Å²) in [4.78, 5) is 3.96. The number of hydrogen-bond donors (Lipinski definition) is 1. The van der Waals surface area contributed by atoms with Crippen LogP contribution < -0.4 is 4.72 Å². The molecule has 1 N–H and O–H groups in total. The maximum absolute atomic E-state index is 12.3. The van der Waals surface area contributed by atoms with E-state index >= 15 is 0 Å². The van der Waals surface area contributed by atoms with Crippen molar-refractivity contribution in [3.8, 4) is 0 Å². The molecule has 1 atom stereocenters. The van der Waals surface area contributed by atoms with Gasteiger partial charge < -0.3 is 0 Å². The zero-order valence-electron chi connectivity index (χ0n) is 10.3. The molecule has 0 fully saturated rings. The van der Waals surface area contributed by atoms with Crippen molar-refractivity contribution in [1.29, 1.82) is 0 Å². The van der Waals surface area contributed by atoms with Crippen molar-refractivity contribution in [2.24, 2.45) is 7.05 Å². The molecule has 0 amide bonds. The SMILES string of the molecule is CC(NS(=O)(=O)c1c(Br)nnn1C)c1cccnc1. The van der Waals surface area contributed by atoms with E-state index in [-0.39, 0.29) is 9.63 Å². The number of sulfonamides is 1. The largest absolute Gasteiger partial charge is 0.264 e. The first-order valence-electron chi connectivity index (χ1n) is 5.39. The molecule has 0 spiro atoms. The Labute approximate surface area is 119 Å². The molecule has 0 aliphatic carbocycles. The summed E-state index contributed by atoms with van der Waals surface area (Å²) in [7, 11) is -2.20. The molecule has 2 aromatic rings. The smallest absolute Gasteiger partial charge is 0.261 e. The molecule has 0 saturated heterocycles. The van der Waals surface area contributed by atoms with Crippen LogP contribution in [0.2, 0.25) is 0 Å². The Bertz CT molecular complexity index is 651. The van der Waals surface area contributed by atoms with Crippen LogP contribution in [0.25, 0.3) is 0 Å². The first-order valence-corrected chi connectivity index (χ1v) is 7.67. The van der Waals surface area contributed by atoms with Gasteiger partial charge in [0.25, 0.3) is 10.0 Å². The second kappa shape index (κ2) is 5.35. The average Bonchev–Trinajstić information content (AvgIpc) is 2.70. The summed E-state index contributed by atoms with van der Waals surface area (Å²) >= 11 is 3.07. The molecule has 9 heteroatoms. The van der Waals surface area contributed by atoms with Crippen molar-refractivity contribution in [3.63, 3.8) is 0 Å². The summed E-state index contributed by atoms with van der Waals surface area (Å²) in [6.07, 6.45) is 3.25. The number of aryl methyl sites for hydroxylation is 1. The van der Waals surface area contributed by atoms with Crippen LogP contribution in [-0.4, -0.2) is 28.4 Å². The van der Waals surface area contributed by atoms with Gasteiger partial charge >= 0.3 is 0 Å². The molecule has 0 radical (unpaired) electrons. The Morgan fingerprint density at radius 3 is 2.74 bits per heavy atom. The fourth-order valence-electron chi connectivity index (χ4n) is 1.60. The van der Waals surface area contributed by atoms with Gasteiger partial charge in [0.05, 0.1) is 0 Å². The highest BCUT2D eigenvalue weighted by Gasteiger charge is 2.25. The highest BCUT2D eigenvalue weighted by Crippen LogP contribution is 2.20. The van der Waals surface area contributed by atoms with E-state index in [0.717, 1.165) is 5.56 Å². The Morgan fingerprint density at radius 2 is 2.21 bits per heavy atom. The summed E-state index contributed by atoms with van der Waals surface area (Å²) in [6, 6.07) is 3.15. The van der Waals surface area contributed by atoms with Gasteiger partial charge in [-0.2, -0.15) is 0 Å². The first-order chi connectivity index (χ1) is 8.92. The van der Waals surface area contributed by atoms with Gasteiger partial charge in [-0.15, -0.1) is 5.10 Å². The van der Waals surface area contributed by atoms with Gasteiger partial charge in [-0.3, -0.25) is 4.98 Å². The Hall–Kier alpha value is -1.32. The highest BCUT2D eigenvalue weighted by atomic mass is 79.9. The van der Waals surface area contributed by atoms with Gasteiger partial charge in [0.15, 0.2) is 4.60 Å². The predicted octanol–water partition coefficient (Wildman–Crippen LogP) is 1.01. The van der Waals surface area contributed by atoms with Crippen molar-refractivity contribution in [2.45, 2.75) is 18.0 Å². The molecule has 0 aliphatic rings. The number of nitrogens with zero attached hydrogens (tertiary/aromatic N) is 4. The zero-order chi connectivity index (χ0) is 14.0. The molecule has 2 aromatic heterocycles. The van der Waals surface area contributed by atoms with E-state index in [1.165, 1.54) is 11.7 Å². The molecule has 2 heterocycles. The van der Waals surface area contributed by atoms with Crippen LogP contribution in [0.3, 0.4) is 0 Å². The van der Waals surface area contributed by atoms with Crippen LogP contribution in [-0.2, 0) is 17.1 Å². The summed E-state index contributed by atoms with van der Waals surface area (Å²) in [6.45, 7) is 1.74. The first kappa shape index (κ1) is 14.1. The van der Waals surface area contributed by atoms with Gasteiger partial charge in [-0.1, -0.05) is 11.3 Å². The number of rotatable bonds is 4. The molecule has 0 aliphatic heterocycles.